The summed E-state index contributed by atoms with van der Waals surface area (Å²) in [7, 11) is 0. The summed E-state index contributed by atoms with van der Waals surface area (Å²) < 4.78 is 41.6. The fourth-order valence-electron chi connectivity index (χ4n) is 3.50. The number of hydrogen-bond donors (Lipinski definition) is 3. The molecule has 0 saturated heterocycles. The Balaban J connectivity index is 1.79. The molecule has 3 rings (SSSR count). The number of alkyl halides is 2. The Morgan fingerprint density at radius 3 is 2.59 bits per heavy atom. The number of imidazole rings is 1. The fraction of sp³-hybridized carbons (Fsp3) is 0.417. The van der Waals surface area contributed by atoms with Crippen molar-refractivity contribution < 1.29 is 22.8 Å². The van der Waals surface area contributed by atoms with Gasteiger partial charge in [0, 0.05) is 35.2 Å². The highest BCUT2D eigenvalue weighted by atomic mass is 19.3. The molecule has 34 heavy (non-hydrogen) atoms. The summed E-state index contributed by atoms with van der Waals surface area (Å²) in [5.74, 6) is -1.82. The molecular formula is C24H28F3N5O2. The van der Waals surface area contributed by atoms with Crippen LogP contribution >= 0.6 is 0 Å². The van der Waals surface area contributed by atoms with Crippen LogP contribution in [-0.4, -0.2) is 41.0 Å². The molecule has 0 bridgehead atoms. The molecule has 0 radical (unpaired) electrons. The van der Waals surface area contributed by atoms with Gasteiger partial charge in [-0.1, -0.05) is 32.9 Å². The molecule has 1 aromatic carbocycles. The van der Waals surface area contributed by atoms with E-state index in [1.54, 1.807) is 52.8 Å². The second kappa shape index (κ2) is 9.82. The Kier molecular flexibility index (Phi) is 7.28. The molecule has 0 saturated carbocycles. The average molecular weight is 476 g/mol. The maximum absolute atomic E-state index is 14.5. The number of hydrogen-bond acceptors (Lipinski definition) is 4. The lowest BCUT2D eigenvalue weighted by atomic mass is 9.93. The van der Waals surface area contributed by atoms with Gasteiger partial charge < -0.3 is 10.3 Å². The number of H-pyrrole nitrogens is 1. The van der Waals surface area contributed by atoms with E-state index in [0.29, 0.717) is 17.0 Å². The first-order valence-electron chi connectivity index (χ1n) is 10.9. The zero-order valence-corrected chi connectivity index (χ0v) is 19.7. The van der Waals surface area contributed by atoms with Crippen LogP contribution in [0.15, 0.2) is 34.5 Å². The van der Waals surface area contributed by atoms with Crippen LogP contribution in [0.1, 0.15) is 38.4 Å². The number of anilines is 1. The second-order valence-electron chi connectivity index (χ2n) is 9.30. The van der Waals surface area contributed by atoms with Gasteiger partial charge in [0.25, 0.3) is 12.3 Å². The Morgan fingerprint density at radius 1 is 1.24 bits per heavy atom. The molecule has 1 aliphatic rings. The van der Waals surface area contributed by atoms with Crippen LogP contribution in [0.5, 0.6) is 0 Å². The number of carbonyl (C=O) groups is 2. The molecule has 0 aliphatic carbocycles. The summed E-state index contributed by atoms with van der Waals surface area (Å²) in [5.41, 5.74) is 0.135. The van der Waals surface area contributed by atoms with Crippen LogP contribution in [-0.2, 0) is 9.59 Å². The summed E-state index contributed by atoms with van der Waals surface area (Å²) in [6.45, 7) is 8.71. The summed E-state index contributed by atoms with van der Waals surface area (Å²) in [4.78, 5) is 35.9. The van der Waals surface area contributed by atoms with Crippen molar-refractivity contribution in [1.82, 2.24) is 15.3 Å². The van der Waals surface area contributed by atoms with Gasteiger partial charge in [0.2, 0.25) is 11.9 Å². The molecule has 3 N–H and O–H groups in total. The first-order chi connectivity index (χ1) is 15.9. The summed E-state index contributed by atoms with van der Waals surface area (Å²) in [5, 5.41) is 5.25. The Morgan fingerprint density at radius 2 is 1.94 bits per heavy atom. The van der Waals surface area contributed by atoms with Crippen molar-refractivity contribution in [1.29, 1.82) is 0 Å². The minimum Gasteiger partial charge on any atom is -0.355 e. The zero-order valence-electron chi connectivity index (χ0n) is 19.7. The van der Waals surface area contributed by atoms with E-state index in [0.717, 1.165) is 0 Å². The van der Waals surface area contributed by atoms with E-state index in [4.69, 9.17) is 0 Å². The lowest BCUT2D eigenvalue weighted by Crippen LogP contribution is -2.39. The summed E-state index contributed by atoms with van der Waals surface area (Å²) in [6.07, 6.45) is -1.65. The fourth-order valence-corrected chi connectivity index (χ4v) is 3.50. The lowest BCUT2D eigenvalue weighted by molar-refractivity contribution is -0.128. The van der Waals surface area contributed by atoms with Crippen LogP contribution in [0, 0.1) is 31.0 Å². The van der Waals surface area contributed by atoms with Crippen LogP contribution in [0.3, 0.4) is 0 Å². The van der Waals surface area contributed by atoms with Crippen molar-refractivity contribution in [2.24, 2.45) is 16.3 Å². The quantitative estimate of drug-likeness (QED) is 0.572. The van der Waals surface area contributed by atoms with Crippen LogP contribution in [0.25, 0.3) is 11.3 Å². The monoisotopic (exact) mass is 475 g/mol. The van der Waals surface area contributed by atoms with E-state index in [2.05, 4.69) is 25.6 Å². The van der Waals surface area contributed by atoms with Gasteiger partial charge in [-0.2, -0.15) is 0 Å². The third-order valence-electron chi connectivity index (χ3n) is 5.46. The Labute approximate surface area is 196 Å². The van der Waals surface area contributed by atoms with Crippen molar-refractivity contribution >= 4 is 24.0 Å². The number of carbonyl (C=O) groups excluding carboxylic acids is 2. The standard InChI is InChI=1S/C24H28F3N5O2/c1-12-7-6-8-15(17(12)25)18-13(2)30-23(31-18)32-21(33)16-9-14(10-28-19(16)20(26)27)11-29-22(34)24(3,4)5/h6-8,10,14,20H,9,11H2,1-5H3,(H,29,34)(H2,30,31,32,33). The predicted octanol–water partition coefficient (Wildman–Crippen LogP) is 4.54. The molecule has 10 heteroatoms. The Hall–Kier alpha value is -3.43. The number of allylic oxidation sites excluding steroid dienone is 1. The second-order valence-corrected chi connectivity index (χ2v) is 9.30. The molecule has 1 unspecified atom stereocenters. The van der Waals surface area contributed by atoms with E-state index in [1.165, 1.54) is 6.21 Å². The number of aliphatic imine (C=N–C) groups is 1. The molecule has 2 aromatic rings. The molecule has 182 valence electrons. The van der Waals surface area contributed by atoms with Gasteiger partial charge in [0.1, 0.15) is 11.5 Å². The van der Waals surface area contributed by atoms with Gasteiger partial charge in [0.15, 0.2) is 0 Å². The topological polar surface area (TPSA) is 99.2 Å². The molecule has 0 spiro atoms. The maximum atomic E-state index is 14.5. The lowest BCUT2D eigenvalue weighted by Gasteiger charge is -2.23. The SMILES string of the molecule is Cc1cccc(-c2[nH]c(NC(=O)C3=C(C(F)F)N=CC(CNC(=O)C(C)(C)C)C3)nc2C)c1F. The first-order valence-corrected chi connectivity index (χ1v) is 10.9. The van der Waals surface area contributed by atoms with E-state index >= 15 is 0 Å². The minimum absolute atomic E-state index is 0.00617. The number of aryl methyl sites for hydroxylation is 2. The van der Waals surface area contributed by atoms with Gasteiger partial charge in [-0.05, 0) is 31.9 Å². The van der Waals surface area contributed by atoms with Crippen molar-refractivity contribution in [3.05, 3.63) is 46.5 Å². The van der Waals surface area contributed by atoms with Crippen molar-refractivity contribution in [3.8, 4) is 11.3 Å². The van der Waals surface area contributed by atoms with Gasteiger partial charge in [-0.3, -0.25) is 19.9 Å². The number of nitrogens with one attached hydrogen (secondary N) is 3. The highest BCUT2D eigenvalue weighted by Gasteiger charge is 2.29. The van der Waals surface area contributed by atoms with E-state index in [-0.39, 0.29) is 36.0 Å². The zero-order chi connectivity index (χ0) is 25.2. The number of aromatic amines is 1. The van der Waals surface area contributed by atoms with E-state index in [9.17, 15) is 22.8 Å². The summed E-state index contributed by atoms with van der Waals surface area (Å²) >= 11 is 0. The molecule has 1 aliphatic heterocycles. The molecule has 2 amide bonds. The molecule has 2 heterocycles. The van der Waals surface area contributed by atoms with Gasteiger partial charge in [0.05, 0.1) is 11.4 Å². The number of rotatable bonds is 6. The highest BCUT2D eigenvalue weighted by Crippen LogP contribution is 2.29. The van der Waals surface area contributed by atoms with E-state index in [1.807, 2.05) is 0 Å². The van der Waals surface area contributed by atoms with Crippen molar-refractivity contribution in [2.45, 2.75) is 47.5 Å². The smallest absolute Gasteiger partial charge is 0.280 e. The van der Waals surface area contributed by atoms with Gasteiger partial charge in [-0.25, -0.2) is 18.2 Å². The number of benzene rings is 1. The van der Waals surface area contributed by atoms with Gasteiger partial charge >= 0.3 is 0 Å². The number of nitrogens with zero attached hydrogens (tertiary/aromatic N) is 2. The first kappa shape index (κ1) is 25.2. The predicted molar refractivity (Wildman–Crippen MR) is 124 cm³/mol. The molecular weight excluding hydrogens is 447 g/mol. The third kappa shape index (κ3) is 5.55. The average Bonchev–Trinajstić information content (AvgIpc) is 3.12. The minimum atomic E-state index is -2.95. The van der Waals surface area contributed by atoms with Crippen LogP contribution < -0.4 is 10.6 Å². The number of amides is 2. The van der Waals surface area contributed by atoms with Gasteiger partial charge in [-0.15, -0.1) is 0 Å². The largest absolute Gasteiger partial charge is 0.355 e. The molecule has 7 nitrogen and oxygen atoms in total. The molecule has 0 fully saturated rings. The van der Waals surface area contributed by atoms with Crippen molar-refractivity contribution in [2.75, 3.05) is 11.9 Å². The van der Waals surface area contributed by atoms with Crippen LogP contribution in [0.4, 0.5) is 19.1 Å². The Bertz CT molecular complexity index is 1160. The molecule has 1 aromatic heterocycles. The summed E-state index contributed by atoms with van der Waals surface area (Å²) in [6, 6.07) is 4.91. The third-order valence-corrected chi connectivity index (χ3v) is 5.46. The number of aromatic nitrogens is 2. The highest BCUT2D eigenvalue weighted by molar-refractivity contribution is 6.04. The number of halogens is 3. The normalized spacial score (nSPS) is 16.2. The molecule has 1 atom stereocenters. The maximum Gasteiger partial charge on any atom is 0.280 e. The van der Waals surface area contributed by atoms with E-state index < -0.39 is 35.2 Å². The van der Waals surface area contributed by atoms with Crippen LogP contribution in [0.2, 0.25) is 0 Å². The van der Waals surface area contributed by atoms with Crippen molar-refractivity contribution in [3.63, 3.8) is 0 Å².